The van der Waals surface area contributed by atoms with Gasteiger partial charge >= 0.3 is 0 Å². The number of amides is 1. The molecule has 25 heavy (non-hydrogen) atoms. The normalized spacial score (nSPS) is 29.0. The smallest absolute Gasteiger partial charge is 0.248 e. The molecule has 0 spiro atoms. The van der Waals surface area contributed by atoms with Crippen LogP contribution in [0.2, 0.25) is 0 Å². The van der Waals surface area contributed by atoms with E-state index in [0.717, 1.165) is 57.6 Å². The third-order valence-electron chi connectivity index (χ3n) is 5.57. The van der Waals surface area contributed by atoms with Gasteiger partial charge in [0.15, 0.2) is 0 Å². The molecule has 1 aromatic rings. The van der Waals surface area contributed by atoms with Gasteiger partial charge in [0.1, 0.15) is 12.4 Å². The van der Waals surface area contributed by atoms with E-state index >= 15 is 0 Å². The van der Waals surface area contributed by atoms with Crippen LogP contribution in [0.3, 0.4) is 0 Å². The van der Waals surface area contributed by atoms with Crippen LogP contribution in [0.1, 0.15) is 32.1 Å². The van der Waals surface area contributed by atoms with Gasteiger partial charge in [-0.15, -0.1) is 0 Å². The first kappa shape index (κ1) is 16.8. The van der Waals surface area contributed by atoms with Crippen molar-refractivity contribution in [1.29, 1.82) is 0 Å². The Kier molecular flexibility index (Phi) is 5.17. The van der Waals surface area contributed by atoms with Gasteiger partial charge in [0, 0.05) is 25.8 Å². The van der Waals surface area contributed by atoms with Crippen LogP contribution in [-0.2, 0) is 14.3 Å². The Balaban J connectivity index is 1.23. The topological polar surface area (TPSA) is 54.9 Å². The quantitative estimate of drug-likeness (QED) is 0.815. The van der Waals surface area contributed by atoms with Crippen molar-refractivity contribution in [3.05, 3.63) is 24.4 Å². The lowest BCUT2D eigenvalue weighted by Crippen LogP contribution is -2.44. The van der Waals surface area contributed by atoms with Gasteiger partial charge in [-0.2, -0.15) is 0 Å². The summed E-state index contributed by atoms with van der Waals surface area (Å²) in [5.41, 5.74) is 0. The maximum atomic E-state index is 12.0. The summed E-state index contributed by atoms with van der Waals surface area (Å²) >= 11 is 0. The average Bonchev–Trinajstić information content (AvgIpc) is 3.32. The van der Waals surface area contributed by atoms with E-state index < -0.39 is 0 Å². The predicted molar refractivity (Wildman–Crippen MR) is 94.5 cm³/mol. The molecule has 0 aliphatic carbocycles. The summed E-state index contributed by atoms with van der Waals surface area (Å²) in [5.74, 6) is 1.16. The average molecular weight is 345 g/mol. The molecular formula is C19H27N3O3. The Bertz CT molecular complexity index is 577. The summed E-state index contributed by atoms with van der Waals surface area (Å²) in [4.78, 5) is 20.8. The fraction of sp³-hybridized carbons (Fsp3) is 0.684. The van der Waals surface area contributed by atoms with E-state index in [1.807, 2.05) is 23.2 Å². The van der Waals surface area contributed by atoms with E-state index in [0.29, 0.717) is 12.6 Å². The van der Waals surface area contributed by atoms with Gasteiger partial charge < -0.3 is 19.3 Å². The number of hydrogen-bond donors (Lipinski definition) is 0. The molecule has 4 rings (SSSR count). The van der Waals surface area contributed by atoms with Crippen LogP contribution in [0, 0.1) is 0 Å². The standard InChI is InChI=1S/C19H27N3O3/c23-19(21-10-3-4-11-21)14-24-13-15-6-7-16-17(25-15)8-12-22(16)18-5-1-2-9-20-18/h1-2,5,9,15-17H,3-4,6-8,10-14H2/t15-,16+,17+/m1/s1. The highest BCUT2D eigenvalue weighted by Gasteiger charge is 2.40. The Morgan fingerprint density at radius 2 is 2.08 bits per heavy atom. The molecule has 1 aromatic heterocycles. The van der Waals surface area contributed by atoms with E-state index in [9.17, 15) is 4.79 Å². The van der Waals surface area contributed by atoms with Gasteiger partial charge in [-0.1, -0.05) is 6.07 Å². The first-order valence-corrected chi connectivity index (χ1v) is 9.50. The Morgan fingerprint density at radius 3 is 2.88 bits per heavy atom. The zero-order chi connectivity index (χ0) is 17.1. The Morgan fingerprint density at radius 1 is 1.20 bits per heavy atom. The number of likely N-dealkylation sites (tertiary alicyclic amines) is 1. The number of rotatable bonds is 5. The molecule has 6 nitrogen and oxygen atoms in total. The van der Waals surface area contributed by atoms with Crippen molar-refractivity contribution in [2.24, 2.45) is 0 Å². The van der Waals surface area contributed by atoms with E-state index in [4.69, 9.17) is 9.47 Å². The highest BCUT2D eigenvalue weighted by Crippen LogP contribution is 2.34. The molecule has 136 valence electrons. The summed E-state index contributed by atoms with van der Waals surface area (Å²) in [6, 6.07) is 6.47. The number of carbonyl (C=O) groups excluding carboxylic acids is 1. The van der Waals surface area contributed by atoms with Crippen LogP contribution in [0.4, 0.5) is 5.82 Å². The van der Waals surface area contributed by atoms with Crippen LogP contribution in [-0.4, -0.2) is 66.9 Å². The van der Waals surface area contributed by atoms with Crippen LogP contribution < -0.4 is 4.90 Å². The lowest BCUT2D eigenvalue weighted by Gasteiger charge is -2.36. The monoisotopic (exact) mass is 345 g/mol. The van der Waals surface area contributed by atoms with Crippen molar-refractivity contribution in [1.82, 2.24) is 9.88 Å². The van der Waals surface area contributed by atoms with Crippen LogP contribution in [0.15, 0.2) is 24.4 Å². The number of nitrogens with zero attached hydrogens (tertiary/aromatic N) is 3. The number of ether oxygens (including phenoxy) is 2. The van der Waals surface area contributed by atoms with Gasteiger partial charge in [-0.3, -0.25) is 4.79 Å². The van der Waals surface area contributed by atoms with Gasteiger partial charge in [0.25, 0.3) is 0 Å². The number of anilines is 1. The number of carbonyl (C=O) groups is 1. The van der Waals surface area contributed by atoms with Crippen molar-refractivity contribution < 1.29 is 14.3 Å². The van der Waals surface area contributed by atoms with Gasteiger partial charge in [-0.05, 0) is 44.2 Å². The molecule has 4 heterocycles. The van der Waals surface area contributed by atoms with Crippen LogP contribution in [0.5, 0.6) is 0 Å². The molecule has 1 amide bonds. The number of fused-ring (bicyclic) bond motifs is 1. The second-order valence-electron chi connectivity index (χ2n) is 7.21. The third-order valence-corrected chi connectivity index (χ3v) is 5.57. The highest BCUT2D eigenvalue weighted by atomic mass is 16.5. The second kappa shape index (κ2) is 7.70. The lowest BCUT2D eigenvalue weighted by molar-refractivity contribution is -0.138. The van der Waals surface area contributed by atoms with Crippen molar-refractivity contribution in [2.75, 3.05) is 37.7 Å². The van der Waals surface area contributed by atoms with Crippen molar-refractivity contribution in [2.45, 2.75) is 50.4 Å². The number of pyridine rings is 1. The van der Waals surface area contributed by atoms with Gasteiger partial charge in [-0.25, -0.2) is 4.98 Å². The van der Waals surface area contributed by atoms with E-state index in [1.54, 1.807) is 0 Å². The first-order chi connectivity index (χ1) is 12.3. The van der Waals surface area contributed by atoms with Gasteiger partial charge in [0.2, 0.25) is 5.91 Å². The summed E-state index contributed by atoms with van der Waals surface area (Å²) in [6.45, 7) is 3.47. The molecule has 0 radical (unpaired) electrons. The SMILES string of the molecule is O=C(COC[C@H]1CC[C@H]2[C@H](CCN2c2ccccn2)O1)N1CCCC1. The minimum Gasteiger partial charge on any atom is -0.370 e. The van der Waals surface area contributed by atoms with Crippen LogP contribution >= 0.6 is 0 Å². The maximum absolute atomic E-state index is 12.0. The molecule has 3 fully saturated rings. The number of hydrogen-bond acceptors (Lipinski definition) is 5. The third kappa shape index (κ3) is 3.80. The number of aromatic nitrogens is 1. The molecule has 0 aromatic carbocycles. The molecule has 3 atom stereocenters. The highest BCUT2D eigenvalue weighted by molar-refractivity contribution is 5.77. The zero-order valence-corrected chi connectivity index (χ0v) is 14.7. The molecular weight excluding hydrogens is 318 g/mol. The maximum Gasteiger partial charge on any atom is 0.248 e. The molecule has 0 bridgehead atoms. The summed E-state index contributed by atoms with van der Waals surface area (Å²) in [5, 5.41) is 0. The molecule has 3 aliphatic heterocycles. The largest absolute Gasteiger partial charge is 0.370 e. The van der Waals surface area contributed by atoms with E-state index in [-0.39, 0.29) is 24.7 Å². The Labute approximate surface area is 149 Å². The van der Waals surface area contributed by atoms with Crippen LogP contribution in [0.25, 0.3) is 0 Å². The summed E-state index contributed by atoms with van der Waals surface area (Å²) < 4.78 is 11.9. The van der Waals surface area contributed by atoms with E-state index in [2.05, 4.69) is 16.0 Å². The molecule has 6 heteroatoms. The lowest BCUT2D eigenvalue weighted by atomic mass is 9.99. The molecule has 3 saturated heterocycles. The second-order valence-corrected chi connectivity index (χ2v) is 7.21. The first-order valence-electron chi connectivity index (χ1n) is 9.50. The predicted octanol–water partition coefficient (Wildman–Crippen LogP) is 1.85. The van der Waals surface area contributed by atoms with Gasteiger partial charge in [0.05, 0.1) is 24.9 Å². The summed E-state index contributed by atoms with van der Waals surface area (Å²) in [6.07, 6.45) is 7.54. The molecule has 0 saturated carbocycles. The van der Waals surface area contributed by atoms with Crippen molar-refractivity contribution in [3.63, 3.8) is 0 Å². The van der Waals surface area contributed by atoms with E-state index in [1.165, 1.54) is 0 Å². The molecule has 0 unspecified atom stereocenters. The van der Waals surface area contributed by atoms with Crippen molar-refractivity contribution in [3.8, 4) is 0 Å². The minimum atomic E-state index is 0.108. The minimum absolute atomic E-state index is 0.108. The zero-order valence-electron chi connectivity index (χ0n) is 14.7. The molecule has 3 aliphatic rings. The summed E-state index contributed by atoms with van der Waals surface area (Å²) in [7, 11) is 0. The fourth-order valence-corrected chi connectivity index (χ4v) is 4.26. The molecule has 0 N–H and O–H groups in total. The fourth-order valence-electron chi connectivity index (χ4n) is 4.26. The van der Waals surface area contributed by atoms with Crippen molar-refractivity contribution >= 4 is 11.7 Å². The Hall–Kier alpha value is -1.66.